The predicted molar refractivity (Wildman–Crippen MR) is 58.8 cm³/mol. The number of pyridine rings is 1. The Bertz CT molecular complexity index is 359. The summed E-state index contributed by atoms with van der Waals surface area (Å²) < 4.78 is 13.8. The van der Waals surface area contributed by atoms with Crippen LogP contribution in [-0.4, -0.2) is 25.1 Å². The highest BCUT2D eigenvalue weighted by molar-refractivity contribution is 5.42. The molecule has 82 valence electrons. The molecule has 2 heterocycles. The van der Waals surface area contributed by atoms with E-state index in [1.165, 1.54) is 12.8 Å². The van der Waals surface area contributed by atoms with Gasteiger partial charge in [0.25, 0.3) is 0 Å². The second-order valence-electron chi connectivity index (χ2n) is 4.15. The standard InChI is InChI=1S/C11H17FN3/c1-9-7-10(8-14-11(9)12)15(13-2)5-3-4-6-15/h7-8,13H,3-6H2,1-2H3/q+1. The van der Waals surface area contributed by atoms with Crippen LogP contribution in [0.3, 0.4) is 0 Å². The van der Waals surface area contributed by atoms with Crippen molar-refractivity contribution in [2.75, 3.05) is 20.1 Å². The summed E-state index contributed by atoms with van der Waals surface area (Å²) in [6.07, 6.45) is 4.05. The van der Waals surface area contributed by atoms with Gasteiger partial charge in [-0.2, -0.15) is 9.82 Å². The summed E-state index contributed by atoms with van der Waals surface area (Å²) in [5.41, 5.74) is 5.00. The van der Waals surface area contributed by atoms with Crippen LogP contribution < -0.4 is 10.0 Å². The quantitative estimate of drug-likeness (QED) is 0.594. The topological polar surface area (TPSA) is 24.9 Å². The van der Waals surface area contributed by atoms with Gasteiger partial charge in [0, 0.05) is 31.5 Å². The van der Waals surface area contributed by atoms with Crippen LogP contribution in [0.15, 0.2) is 12.3 Å². The van der Waals surface area contributed by atoms with E-state index in [1.807, 2.05) is 13.1 Å². The Morgan fingerprint density at radius 2 is 2.07 bits per heavy atom. The van der Waals surface area contributed by atoms with Gasteiger partial charge in [-0.15, -0.1) is 0 Å². The molecule has 4 heteroatoms. The molecule has 0 aromatic carbocycles. The van der Waals surface area contributed by atoms with E-state index >= 15 is 0 Å². The van der Waals surface area contributed by atoms with Gasteiger partial charge in [0.05, 0.1) is 6.20 Å². The number of hydrogen-bond acceptors (Lipinski definition) is 2. The predicted octanol–water partition coefficient (Wildman–Crippen LogP) is 1.76. The van der Waals surface area contributed by atoms with Crippen molar-refractivity contribution in [3.05, 3.63) is 23.8 Å². The van der Waals surface area contributed by atoms with Crippen LogP contribution >= 0.6 is 0 Å². The van der Waals surface area contributed by atoms with E-state index in [9.17, 15) is 4.39 Å². The lowest BCUT2D eigenvalue weighted by Gasteiger charge is -2.31. The van der Waals surface area contributed by atoms with Crippen LogP contribution in [0.25, 0.3) is 0 Å². The Morgan fingerprint density at radius 3 is 2.60 bits per heavy atom. The number of rotatable bonds is 2. The van der Waals surface area contributed by atoms with Crippen LogP contribution in [0.4, 0.5) is 10.1 Å². The monoisotopic (exact) mass is 210 g/mol. The molecule has 0 spiro atoms. The molecule has 0 bridgehead atoms. The molecule has 1 aliphatic rings. The number of aromatic nitrogens is 1. The van der Waals surface area contributed by atoms with Gasteiger partial charge in [0.15, 0.2) is 5.69 Å². The van der Waals surface area contributed by atoms with Crippen molar-refractivity contribution in [1.82, 2.24) is 15.0 Å². The molecule has 1 N–H and O–H groups in total. The molecule has 0 unspecified atom stereocenters. The molecule has 1 aliphatic heterocycles. The minimum absolute atomic E-state index is 0.368. The van der Waals surface area contributed by atoms with Gasteiger partial charge in [-0.25, -0.2) is 9.58 Å². The maximum absolute atomic E-state index is 13.1. The number of nitrogens with zero attached hydrogens (tertiary/aromatic N) is 2. The molecule has 15 heavy (non-hydrogen) atoms. The van der Waals surface area contributed by atoms with Crippen LogP contribution in [-0.2, 0) is 0 Å². The van der Waals surface area contributed by atoms with Crippen molar-refractivity contribution < 1.29 is 4.39 Å². The Hall–Kier alpha value is -1.00. The van der Waals surface area contributed by atoms with Gasteiger partial charge in [-0.05, 0) is 6.92 Å². The minimum atomic E-state index is -0.368. The fourth-order valence-corrected chi connectivity index (χ4v) is 2.26. The van der Waals surface area contributed by atoms with E-state index in [1.54, 1.807) is 13.1 Å². The molecule has 1 fully saturated rings. The zero-order valence-corrected chi connectivity index (χ0v) is 9.26. The largest absolute Gasteiger partial charge is 0.222 e. The molecule has 0 atom stereocenters. The average molecular weight is 210 g/mol. The lowest BCUT2D eigenvalue weighted by Crippen LogP contribution is -2.55. The first-order valence-corrected chi connectivity index (χ1v) is 5.37. The summed E-state index contributed by atoms with van der Waals surface area (Å²) in [7, 11) is 1.95. The SMILES string of the molecule is CN[N+]1(c2cnc(F)c(C)c2)CCCC1. The first-order valence-electron chi connectivity index (χ1n) is 5.37. The van der Waals surface area contributed by atoms with Crippen molar-refractivity contribution in [2.24, 2.45) is 0 Å². The van der Waals surface area contributed by atoms with E-state index in [2.05, 4.69) is 10.4 Å². The van der Waals surface area contributed by atoms with Crippen molar-refractivity contribution in [1.29, 1.82) is 0 Å². The Labute approximate surface area is 89.5 Å². The summed E-state index contributed by atoms with van der Waals surface area (Å²) in [5.74, 6) is -0.368. The van der Waals surface area contributed by atoms with Crippen LogP contribution in [0.1, 0.15) is 18.4 Å². The number of hydrogen-bond donors (Lipinski definition) is 1. The number of nitrogens with one attached hydrogen (secondary N) is 1. The van der Waals surface area contributed by atoms with Crippen LogP contribution in [0, 0.1) is 12.9 Å². The number of quaternary nitrogens is 1. The lowest BCUT2D eigenvalue weighted by atomic mass is 10.2. The molecular weight excluding hydrogens is 193 g/mol. The Morgan fingerprint density at radius 1 is 1.40 bits per heavy atom. The first kappa shape index (κ1) is 10.5. The molecular formula is C11H17FN3+. The maximum atomic E-state index is 13.1. The van der Waals surface area contributed by atoms with Crippen LogP contribution in [0.2, 0.25) is 0 Å². The smallest absolute Gasteiger partial charge is 0.216 e. The lowest BCUT2D eigenvalue weighted by molar-refractivity contribution is 0.259. The molecule has 0 amide bonds. The van der Waals surface area contributed by atoms with Crippen molar-refractivity contribution >= 4 is 5.69 Å². The highest BCUT2D eigenvalue weighted by Gasteiger charge is 2.34. The van der Waals surface area contributed by atoms with Crippen molar-refractivity contribution in [3.63, 3.8) is 0 Å². The van der Waals surface area contributed by atoms with Crippen LogP contribution in [0.5, 0.6) is 0 Å². The molecule has 0 aliphatic carbocycles. The van der Waals surface area contributed by atoms with Gasteiger partial charge in [-0.3, -0.25) is 0 Å². The van der Waals surface area contributed by atoms with Gasteiger partial charge < -0.3 is 0 Å². The molecule has 0 radical (unpaired) electrons. The zero-order valence-electron chi connectivity index (χ0n) is 9.26. The molecule has 2 rings (SSSR count). The van der Waals surface area contributed by atoms with Crippen molar-refractivity contribution in [2.45, 2.75) is 19.8 Å². The molecule has 1 aromatic heterocycles. The third-order valence-corrected chi connectivity index (χ3v) is 3.25. The van der Waals surface area contributed by atoms with Gasteiger partial charge in [0.2, 0.25) is 5.95 Å². The number of halogens is 1. The Kier molecular flexibility index (Phi) is 2.71. The molecule has 0 saturated carbocycles. The fraction of sp³-hybridized carbons (Fsp3) is 0.545. The van der Waals surface area contributed by atoms with Gasteiger partial charge in [0.1, 0.15) is 13.1 Å². The summed E-state index contributed by atoms with van der Waals surface area (Å²) >= 11 is 0. The van der Waals surface area contributed by atoms with Gasteiger partial charge >= 0.3 is 0 Å². The highest BCUT2D eigenvalue weighted by Crippen LogP contribution is 2.27. The summed E-state index contributed by atoms with van der Waals surface area (Å²) in [5, 5.41) is 0. The first-order chi connectivity index (χ1) is 7.18. The second-order valence-corrected chi connectivity index (χ2v) is 4.15. The summed E-state index contributed by atoms with van der Waals surface area (Å²) in [6, 6.07) is 1.89. The zero-order chi connectivity index (χ0) is 10.9. The fourth-order valence-electron chi connectivity index (χ4n) is 2.26. The summed E-state index contributed by atoms with van der Waals surface area (Å²) in [6.45, 7) is 3.88. The maximum Gasteiger partial charge on any atom is 0.216 e. The minimum Gasteiger partial charge on any atom is -0.222 e. The van der Waals surface area contributed by atoms with E-state index in [4.69, 9.17) is 0 Å². The van der Waals surface area contributed by atoms with Gasteiger partial charge in [-0.1, -0.05) is 0 Å². The average Bonchev–Trinajstić information content (AvgIpc) is 2.72. The second kappa shape index (κ2) is 3.87. The molecule has 1 saturated heterocycles. The van der Waals surface area contributed by atoms with Crippen molar-refractivity contribution in [3.8, 4) is 0 Å². The van der Waals surface area contributed by atoms with E-state index in [-0.39, 0.29) is 5.95 Å². The normalized spacial score (nSPS) is 19.4. The van der Waals surface area contributed by atoms with E-state index < -0.39 is 0 Å². The Balaban J connectivity index is 2.38. The summed E-state index contributed by atoms with van der Waals surface area (Å²) in [4.78, 5) is 3.79. The molecule has 3 nitrogen and oxygen atoms in total. The molecule has 1 aromatic rings. The number of aryl methyl sites for hydroxylation is 1. The van der Waals surface area contributed by atoms with E-state index in [0.29, 0.717) is 5.56 Å². The van der Waals surface area contributed by atoms with E-state index in [0.717, 1.165) is 23.4 Å². The third-order valence-electron chi connectivity index (χ3n) is 3.25. The third kappa shape index (κ3) is 1.75. The highest BCUT2D eigenvalue weighted by atomic mass is 19.1.